The smallest absolute Gasteiger partial charge is 0.191 e. The minimum Gasteiger partial charge on any atom is -0.490 e. The average molecular weight is 576 g/mol. The highest BCUT2D eigenvalue weighted by Gasteiger charge is 2.31. The molecule has 9 heteroatoms. The molecule has 2 saturated heterocycles. The maximum absolute atomic E-state index is 14.5. The van der Waals surface area contributed by atoms with Crippen molar-refractivity contribution in [3.63, 3.8) is 0 Å². The second kappa shape index (κ2) is 13.1. The molecule has 0 bridgehead atoms. The molecule has 186 valence electrons. The largest absolute Gasteiger partial charge is 0.490 e. The van der Waals surface area contributed by atoms with Crippen molar-refractivity contribution in [3.05, 3.63) is 29.6 Å². The Hall–Kier alpha value is -1.17. The summed E-state index contributed by atoms with van der Waals surface area (Å²) in [6.07, 6.45) is 3.46. The Morgan fingerprint density at radius 2 is 2.00 bits per heavy atom. The number of morpholine rings is 1. The molecule has 3 aliphatic rings. The van der Waals surface area contributed by atoms with Gasteiger partial charge in [0.25, 0.3) is 0 Å². The van der Waals surface area contributed by atoms with Crippen LogP contribution in [0.15, 0.2) is 23.2 Å². The van der Waals surface area contributed by atoms with Crippen LogP contribution >= 0.6 is 24.0 Å². The molecule has 1 aromatic rings. The maximum atomic E-state index is 14.5. The van der Waals surface area contributed by atoms with Crippen LogP contribution in [0.4, 0.5) is 4.39 Å². The van der Waals surface area contributed by atoms with E-state index >= 15 is 0 Å². The lowest BCUT2D eigenvalue weighted by molar-refractivity contribution is 0.00246. The Morgan fingerprint density at radius 3 is 2.64 bits per heavy atom. The van der Waals surface area contributed by atoms with E-state index in [-0.39, 0.29) is 35.8 Å². The fourth-order valence-electron chi connectivity index (χ4n) is 4.44. The van der Waals surface area contributed by atoms with E-state index in [1.165, 1.54) is 12.8 Å². The zero-order valence-corrected chi connectivity index (χ0v) is 22.1. The SMILES string of the molecule is CN=C(NCC(C1CCOC1)N1CCOCC1)NC(C)c1ccc(OCC2CC2)c(F)c1.I. The third-order valence-electron chi connectivity index (χ3n) is 6.71. The highest BCUT2D eigenvalue weighted by atomic mass is 127. The highest BCUT2D eigenvalue weighted by Crippen LogP contribution is 2.30. The van der Waals surface area contributed by atoms with Gasteiger partial charge in [-0.15, -0.1) is 24.0 Å². The van der Waals surface area contributed by atoms with Crippen molar-refractivity contribution >= 4 is 29.9 Å². The van der Waals surface area contributed by atoms with Gasteiger partial charge in [-0.2, -0.15) is 0 Å². The molecular formula is C24H38FIN4O3. The molecule has 3 unspecified atom stereocenters. The molecule has 1 aromatic carbocycles. The van der Waals surface area contributed by atoms with Crippen LogP contribution in [0.5, 0.6) is 5.75 Å². The van der Waals surface area contributed by atoms with Gasteiger partial charge in [-0.05, 0) is 49.8 Å². The number of ether oxygens (including phenoxy) is 3. The molecule has 7 nitrogen and oxygen atoms in total. The Bertz CT molecular complexity index is 768. The quantitative estimate of drug-likeness (QED) is 0.268. The number of aliphatic imine (C=N–C) groups is 1. The van der Waals surface area contributed by atoms with Gasteiger partial charge in [0, 0.05) is 45.2 Å². The van der Waals surface area contributed by atoms with Crippen molar-refractivity contribution in [2.75, 3.05) is 59.7 Å². The first-order valence-corrected chi connectivity index (χ1v) is 11.9. The second-order valence-corrected chi connectivity index (χ2v) is 9.10. The molecule has 2 N–H and O–H groups in total. The lowest BCUT2D eigenvalue weighted by Crippen LogP contribution is -2.53. The van der Waals surface area contributed by atoms with Crippen molar-refractivity contribution in [3.8, 4) is 5.75 Å². The summed E-state index contributed by atoms with van der Waals surface area (Å²) in [5.74, 6) is 1.84. The first-order chi connectivity index (χ1) is 15.6. The molecule has 0 aromatic heterocycles. The van der Waals surface area contributed by atoms with Gasteiger partial charge in [0.1, 0.15) is 0 Å². The van der Waals surface area contributed by atoms with Gasteiger partial charge < -0.3 is 24.8 Å². The van der Waals surface area contributed by atoms with Gasteiger partial charge in [0.2, 0.25) is 0 Å². The number of halogens is 2. The molecule has 2 heterocycles. The topological polar surface area (TPSA) is 67.4 Å². The van der Waals surface area contributed by atoms with Crippen molar-refractivity contribution in [2.45, 2.75) is 38.3 Å². The van der Waals surface area contributed by atoms with Crippen LogP contribution in [0.1, 0.15) is 37.8 Å². The predicted molar refractivity (Wildman–Crippen MR) is 138 cm³/mol. The molecular weight excluding hydrogens is 538 g/mol. The summed E-state index contributed by atoms with van der Waals surface area (Å²) >= 11 is 0. The van der Waals surface area contributed by atoms with Gasteiger partial charge in [-0.25, -0.2) is 4.39 Å². The summed E-state index contributed by atoms with van der Waals surface area (Å²) in [5.41, 5.74) is 0.859. The Labute approximate surface area is 213 Å². The first kappa shape index (κ1) is 26.4. The maximum Gasteiger partial charge on any atom is 0.191 e. The number of hydrogen-bond acceptors (Lipinski definition) is 5. The fraction of sp³-hybridized carbons (Fsp3) is 0.708. The van der Waals surface area contributed by atoms with E-state index in [1.807, 2.05) is 13.0 Å². The van der Waals surface area contributed by atoms with Gasteiger partial charge in [0.05, 0.1) is 32.5 Å². The van der Waals surface area contributed by atoms with Crippen LogP contribution < -0.4 is 15.4 Å². The monoisotopic (exact) mass is 576 g/mol. The van der Waals surface area contributed by atoms with E-state index in [0.29, 0.717) is 36.2 Å². The van der Waals surface area contributed by atoms with Crippen molar-refractivity contribution in [1.82, 2.24) is 15.5 Å². The lowest BCUT2D eigenvalue weighted by atomic mass is 9.97. The van der Waals surface area contributed by atoms with E-state index in [9.17, 15) is 4.39 Å². The zero-order valence-electron chi connectivity index (χ0n) is 19.7. The minimum atomic E-state index is -0.312. The highest BCUT2D eigenvalue weighted by molar-refractivity contribution is 14.0. The van der Waals surface area contributed by atoms with E-state index in [4.69, 9.17) is 14.2 Å². The summed E-state index contributed by atoms with van der Waals surface area (Å²) in [5, 5.41) is 6.89. The van der Waals surface area contributed by atoms with Gasteiger partial charge >= 0.3 is 0 Å². The zero-order chi connectivity index (χ0) is 22.3. The number of nitrogens with one attached hydrogen (secondary N) is 2. The van der Waals surface area contributed by atoms with E-state index in [0.717, 1.165) is 58.0 Å². The number of rotatable bonds is 9. The van der Waals surface area contributed by atoms with Crippen LogP contribution in [-0.4, -0.2) is 76.6 Å². The van der Waals surface area contributed by atoms with Crippen molar-refractivity contribution in [2.24, 2.45) is 16.8 Å². The van der Waals surface area contributed by atoms with Crippen LogP contribution in [0.2, 0.25) is 0 Å². The Kier molecular flexibility index (Phi) is 10.5. The Morgan fingerprint density at radius 1 is 1.21 bits per heavy atom. The van der Waals surface area contributed by atoms with Gasteiger partial charge in [-0.3, -0.25) is 9.89 Å². The molecule has 3 fully saturated rings. The first-order valence-electron chi connectivity index (χ1n) is 11.9. The standard InChI is InChI=1S/C24H37FN4O3.HI/c1-17(19-5-6-23(21(25)13-19)32-15-18-3-4-18)28-24(26-2)27-14-22(20-7-10-31-16-20)29-8-11-30-12-9-29;/h5-6,13,17-18,20,22H,3-4,7-12,14-16H2,1-2H3,(H2,26,27,28);1H. The molecule has 0 amide bonds. The molecule has 0 radical (unpaired) electrons. The van der Waals surface area contributed by atoms with Crippen LogP contribution in [0, 0.1) is 17.7 Å². The summed E-state index contributed by atoms with van der Waals surface area (Å²) in [4.78, 5) is 6.90. The Balaban J connectivity index is 0.00000306. The lowest BCUT2D eigenvalue weighted by Gasteiger charge is -2.37. The molecule has 1 saturated carbocycles. The summed E-state index contributed by atoms with van der Waals surface area (Å²) in [6, 6.07) is 5.48. The fourth-order valence-corrected chi connectivity index (χ4v) is 4.44. The van der Waals surface area contributed by atoms with Crippen LogP contribution in [0.25, 0.3) is 0 Å². The molecule has 33 heavy (non-hydrogen) atoms. The van der Waals surface area contributed by atoms with Gasteiger partial charge in [-0.1, -0.05) is 6.07 Å². The van der Waals surface area contributed by atoms with Crippen LogP contribution in [0.3, 0.4) is 0 Å². The summed E-state index contributed by atoms with van der Waals surface area (Å²) in [7, 11) is 1.76. The number of nitrogens with zero attached hydrogens (tertiary/aromatic N) is 2. The third-order valence-corrected chi connectivity index (χ3v) is 6.71. The molecule has 2 aliphatic heterocycles. The number of benzene rings is 1. The molecule has 3 atom stereocenters. The number of guanidine groups is 1. The van der Waals surface area contributed by atoms with Crippen LogP contribution in [-0.2, 0) is 9.47 Å². The normalized spacial score (nSPS) is 23.5. The molecule has 4 rings (SSSR count). The van der Waals surface area contributed by atoms with E-state index in [1.54, 1.807) is 19.2 Å². The summed E-state index contributed by atoms with van der Waals surface area (Å²) < 4.78 is 31.3. The molecule has 0 spiro atoms. The number of hydrogen-bond donors (Lipinski definition) is 2. The third kappa shape index (κ3) is 7.66. The minimum absolute atomic E-state index is 0. The van der Waals surface area contributed by atoms with Crippen molar-refractivity contribution < 1.29 is 18.6 Å². The average Bonchev–Trinajstić information content (AvgIpc) is 3.49. The molecule has 1 aliphatic carbocycles. The van der Waals surface area contributed by atoms with Gasteiger partial charge in [0.15, 0.2) is 17.5 Å². The predicted octanol–water partition coefficient (Wildman–Crippen LogP) is 3.20. The second-order valence-electron chi connectivity index (χ2n) is 9.10. The van der Waals surface area contributed by atoms with E-state index < -0.39 is 0 Å². The van der Waals surface area contributed by atoms with Crippen molar-refractivity contribution in [1.29, 1.82) is 0 Å². The van der Waals surface area contributed by atoms with E-state index in [2.05, 4.69) is 20.5 Å². The summed E-state index contributed by atoms with van der Waals surface area (Å²) in [6.45, 7) is 8.48.